The van der Waals surface area contributed by atoms with E-state index in [-0.39, 0.29) is 18.5 Å². The molecule has 0 unspecified atom stereocenters. The number of rotatable bonds is 0. The predicted octanol–water partition coefficient (Wildman–Crippen LogP) is -0.543. The average molecular weight is 163 g/mol. The molecule has 0 bridgehead atoms. The molecule has 0 saturated heterocycles. The van der Waals surface area contributed by atoms with Crippen molar-refractivity contribution in [1.29, 1.82) is 0 Å². The van der Waals surface area contributed by atoms with Crippen molar-refractivity contribution in [2.75, 3.05) is 0 Å². The van der Waals surface area contributed by atoms with E-state index in [1.54, 1.807) is 0 Å². The molecule has 0 amide bonds. The molecule has 6 heavy (non-hydrogen) atoms. The quantitative estimate of drug-likeness (QED) is 0.371. The summed E-state index contributed by atoms with van der Waals surface area (Å²) in [4.78, 5) is 0. The molecule has 0 heterocycles. The monoisotopic (exact) mass is 162 g/mol. The molecule has 0 aromatic heterocycles. The summed E-state index contributed by atoms with van der Waals surface area (Å²) in [5, 5.41) is 0. The van der Waals surface area contributed by atoms with Crippen molar-refractivity contribution in [2.24, 2.45) is 0 Å². The standard InChI is InChI=1S/Cu.H2O4S.H/c;1-5(2,3)4;/h;(H2,1,2,3,4);/q;;-1. The van der Waals surface area contributed by atoms with Gasteiger partial charge >= 0.3 is 10.4 Å². The summed E-state index contributed by atoms with van der Waals surface area (Å²) in [7, 11) is -4.67. The topological polar surface area (TPSA) is 74.6 Å². The normalized spacial score (nSPS) is 9.67. The first-order valence-corrected chi connectivity index (χ1v) is 2.10. The Morgan fingerprint density at radius 2 is 1.33 bits per heavy atom. The number of hydrogen-bond acceptors (Lipinski definition) is 2. The Balaban J connectivity index is -0.0000000800. The van der Waals surface area contributed by atoms with Crippen LogP contribution in [0.3, 0.4) is 0 Å². The van der Waals surface area contributed by atoms with E-state index in [1.165, 1.54) is 0 Å². The molecule has 6 heteroatoms. The van der Waals surface area contributed by atoms with Crippen LogP contribution in [-0.4, -0.2) is 17.5 Å². The summed E-state index contributed by atoms with van der Waals surface area (Å²) in [5.41, 5.74) is 0. The molecular formula is H3CuO4S-. The maximum Gasteiger partial charge on any atom is 0.394 e. The summed E-state index contributed by atoms with van der Waals surface area (Å²) in [6, 6.07) is 0. The van der Waals surface area contributed by atoms with Gasteiger partial charge in [0.05, 0.1) is 0 Å². The van der Waals surface area contributed by atoms with Crippen LogP contribution in [0.4, 0.5) is 0 Å². The van der Waals surface area contributed by atoms with Gasteiger partial charge in [-0.1, -0.05) is 0 Å². The van der Waals surface area contributed by atoms with Crippen LogP contribution in [0.2, 0.25) is 0 Å². The summed E-state index contributed by atoms with van der Waals surface area (Å²) in [5.74, 6) is 0. The molecule has 0 aromatic carbocycles. The first kappa shape index (κ1) is 9.63. The van der Waals surface area contributed by atoms with Gasteiger partial charge in [0.2, 0.25) is 0 Å². The SMILES string of the molecule is O=S(=O)(O)O.[Cu].[H-]. The van der Waals surface area contributed by atoms with Crippen LogP contribution in [0.5, 0.6) is 0 Å². The molecule has 4 nitrogen and oxygen atoms in total. The molecule has 45 valence electrons. The molecule has 0 spiro atoms. The van der Waals surface area contributed by atoms with Crippen LogP contribution < -0.4 is 0 Å². The van der Waals surface area contributed by atoms with E-state index in [0.717, 1.165) is 0 Å². The Hall–Kier alpha value is 0.389. The van der Waals surface area contributed by atoms with Gasteiger partial charge in [-0.2, -0.15) is 8.42 Å². The maximum absolute atomic E-state index is 8.74. The smallest absolute Gasteiger partial charge is 0.394 e. The third-order valence-corrected chi connectivity index (χ3v) is 0. The first-order chi connectivity index (χ1) is 2.00. The Morgan fingerprint density at radius 1 is 1.33 bits per heavy atom. The summed E-state index contributed by atoms with van der Waals surface area (Å²) in [6.07, 6.45) is 0. The van der Waals surface area contributed by atoms with Gasteiger partial charge in [0.1, 0.15) is 0 Å². The zero-order valence-corrected chi connectivity index (χ0v) is 4.18. The van der Waals surface area contributed by atoms with E-state index in [4.69, 9.17) is 17.5 Å². The van der Waals surface area contributed by atoms with E-state index in [2.05, 4.69) is 0 Å². The van der Waals surface area contributed by atoms with Crippen molar-refractivity contribution in [3.8, 4) is 0 Å². The van der Waals surface area contributed by atoms with Gasteiger partial charge in [0, 0.05) is 17.1 Å². The van der Waals surface area contributed by atoms with Gasteiger partial charge in [-0.15, -0.1) is 0 Å². The van der Waals surface area contributed by atoms with Crippen molar-refractivity contribution < 1.29 is 36.0 Å². The van der Waals surface area contributed by atoms with Gasteiger partial charge in [0.25, 0.3) is 0 Å². The molecule has 0 fully saturated rings. The second-order valence-electron chi connectivity index (χ2n) is 0.448. The molecule has 0 aliphatic carbocycles. The summed E-state index contributed by atoms with van der Waals surface area (Å²) in [6.45, 7) is 0. The first-order valence-electron chi connectivity index (χ1n) is 0.698. The van der Waals surface area contributed by atoms with Crippen molar-refractivity contribution in [3.05, 3.63) is 0 Å². The zero-order chi connectivity index (χ0) is 4.50. The minimum absolute atomic E-state index is 0. The van der Waals surface area contributed by atoms with Crippen molar-refractivity contribution in [1.82, 2.24) is 0 Å². The Labute approximate surface area is 47.1 Å². The van der Waals surface area contributed by atoms with Crippen LogP contribution in [-0.2, 0) is 27.5 Å². The van der Waals surface area contributed by atoms with Gasteiger partial charge in [-0.05, 0) is 0 Å². The molecule has 0 aliphatic rings. The van der Waals surface area contributed by atoms with E-state index < -0.39 is 10.4 Å². The third-order valence-electron chi connectivity index (χ3n) is 0. The molecule has 1 radical (unpaired) electrons. The summed E-state index contributed by atoms with van der Waals surface area (Å²) >= 11 is 0. The van der Waals surface area contributed by atoms with E-state index in [0.29, 0.717) is 0 Å². The van der Waals surface area contributed by atoms with Crippen molar-refractivity contribution >= 4 is 10.4 Å². The number of hydrogen-bond donors (Lipinski definition) is 2. The Kier molecular flexibility index (Phi) is 4.08. The zero-order valence-electron chi connectivity index (χ0n) is 3.42. The summed E-state index contributed by atoms with van der Waals surface area (Å²) < 4.78 is 31.6. The largest absolute Gasteiger partial charge is 1.00 e. The second kappa shape index (κ2) is 2.54. The molecule has 2 N–H and O–H groups in total. The van der Waals surface area contributed by atoms with E-state index in [1.807, 2.05) is 0 Å². The molecule has 0 saturated carbocycles. The van der Waals surface area contributed by atoms with Crippen LogP contribution in [0.25, 0.3) is 0 Å². The Bertz CT molecular complexity index is 94.9. The fourth-order valence-electron chi connectivity index (χ4n) is 0. The van der Waals surface area contributed by atoms with Crippen LogP contribution >= 0.6 is 0 Å². The van der Waals surface area contributed by atoms with Crippen molar-refractivity contribution in [3.63, 3.8) is 0 Å². The Morgan fingerprint density at radius 3 is 1.33 bits per heavy atom. The molecule has 0 aromatic rings. The van der Waals surface area contributed by atoms with Gasteiger partial charge in [-0.3, -0.25) is 9.11 Å². The van der Waals surface area contributed by atoms with Gasteiger partial charge in [-0.25, -0.2) is 0 Å². The molecular weight excluding hydrogens is 160 g/mol. The van der Waals surface area contributed by atoms with Gasteiger partial charge < -0.3 is 1.43 Å². The van der Waals surface area contributed by atoms with Crippen molar-refractivity contribution in [2.45, 2.75) is 0 Å². The van der Waals surface area contributed by atoms with Gasteiger partial charge in [0.15, 0.2) is 0 Å². The average Bonchev–Trinajstić information content (AvgIpc) is 0.722. The molecule has 0 aliphatic heterocycles. The van der Waals surface area contributed by atoms with Crippen LogP contribution in [0.1, 0.15) is 1.43 Å². The fourth-order valence-corrected chi connectivity index (χ4v) is 0. The maximum atomic E-state index is 8.74. The fraction of sp³-hybridized carbons (Fsp3) is 0. The van der Waals surface area contributed by atoms with E-state index in [9.17, 15) is 0 Å². The van der Waals surface area contributed by atoms with Crippen LogP contribution in [0, 0.1) is 0 Å². The molecule has 0 atom stereocenters. The van der Waals surface area contributed by atoms with Crippen LogP contribution in [0.15, 0.2) is 0 Å². The second-order valence-corrected chi connectivity index (χ2v) is 1.34. The molecule has 0 rings (SSSR count). The minimum Gasteiger partial charge on any atom is -1.00 e. The third kappa shape index (κ3) is 332. The van der Waals surface area contributed by atoms with E-state index >= 15 is 0 Å². The predicted molar refractivity (Wildman–Crippen MR) is 15.3 cm³/mol. The minimum atomic E-state index is -4.67.